The van der Waals surface area contributed by atoms with Crippen LogP contribution in [0.4, 0.5) is 0 Å². The van der Waals surface area contributed by atoms with Crippen LogP contribution in [-0.4, -0.2) is 0 Å². The van der Waals surface area contributed by atoms with E-state index in [0.717, 1.165) is 6.42 Å². The van der Waals surface area contributed by atoms with E-state index < -0.39 is 0 Å². The van der Waals surface area contributed by atoms with Crippen LogP contribution in [0.3, 0.4) is 0 Å². The molecule has 0 spiro atoms. The molecule has 0 bridgehead atoms. The Labute approximate surface area is 71.3 Å². The van der Waals surface area contributed by atoms with Gasteiger partial charge in [-0.15, -0.1) is 6.42 Å². The summed E-state index contributed by atoms with van der Waals surface area (Å²) in [6.07, 6.45) is 10.0. The minimum Gasteiger partial charge on any atom is -0.273 e. The van der Waals surface area contributed by atoms with Gasteiger partial charge in [0.05, 0.1) is 0 Å². The minimum atomic E-state index is 0. The van der Waals surface area contributed by atoms with Gasteiger partial charge in [-0.2, -0.15) is 6.08 Å². The maximum absolute atomic E-state index is 2.99. The molecule has 0 nitrogen and oxygen atoms in total. The zero-order chi connectivity index (χ0) is 3.54. The van der Waals surface area contributed by atoms with Gasteiger partial charge in [-0.05, 0) is 0 Å². The molecule has 0 aliphatic heterocycles. The third-order valence-corrected chi connectivity index (χ3v) is 0.586. The summed E-state index contributed by atoms with van der Waals surface area (Å²) in [5, 5.41) is 0. The zero-order valence-corrected chi connectivity index (χ0v) is 7.22. The molecule has 0 unspecified atom stereocenters. The van der Waals surface area contributed by atoms with E-state index in [1.165, 1.54) is 0 Å². The maximum atomic E-state index is 2.99. The van der Waals surface area contributed by atoms with Crippen molar-refractivity contribution in [2.75, 3.05) is 0 Å². The van der Waals surface area contributed by atoms with Crippen molar-refractivity contribution in [1.82, 2.24) is 0 Å². The van der Waals surface area contributed by atoms with Gasteiger partial charge in [0, 0.05) is 41.3 Å². The van der Waals surface area contributed by atoms with E-state index in [1.807, 2.05) is 12.2 Å². The first-order valence-corrected chi connectivity index (χ1v) is 1.72. The summed E-state index contributed by atoms with van der Waals surface area (Å²) in [5.74, 6) is 0. The largest absolute Gasteiger partial charge is 0.273 e. The topological polar surface area (TPSA) is 0 Å². The van der Waals surface area contributed by atoms with Gasteiger partial charge in [-0.1, -0.05) is 0 Å². The molecule has 29 valence electrons. The van der Waals surface area contributed by atoms with Crippen molar-refractivity contribution in [2.45, 2.75) is 6.42 Å². The Bertz CT molecular complexity index is 62.0. The van der Waals surface area contributed by atoms with Gasteiger partial charge in [0.1, 0.15) is 0 Å². The van der Waals surface area contributed by atoms with Crippen molar-refractivity contribution in [2.24, 2.45) is 0 Å². The SMILES string of the molecule is [C-]1=CC=CC1.[Pr]. The molecule has 0 saturated heterocycles. The molecule has 0 aromatic rings. The molecule has 0 saturated carbocycles. The Kier molecular flexibility index (Phi) is 4.58. The molecule has 1 radical (unpaired) electrons. The predicted molar refractivity (Wildman–Crippen MR) is 21.6 cm³/mol. The van der Waals surface area contributed by atoms with Gasteiger partial charge in [0.15, 0.2) is 0 Å². The summed E-state index contributed by atoms with van der Waals surface area (Å²) < 4.78 is 0. The Morgan fingerprint density at radius 2 is 2.33 bits per heavy atom. The molecule has 0 fully saturated rings. The van der Waals surface area contributed by atoms with Crippen LogP contribution in [0.25, 0.3) is 0 Å². The molecule has 0 atom stereocenters. The van der Waals surface area contributed by atoms with E-state index in [0.29, 0.717) is 0 Å². The quantitative estimate of drug-likeness (QED) is 0.524. The van der Waals surface area contributed by atoms with E-state index in [-0.39, 0.29) is 41.3 Å². The maximum Gasteiger partial charge on any atom is 0 e. The summed E-state index contributed by atoms with van der Waals surface area (Å²) in [4.78, 5) is 0. The number of allylic oxidation sites excluding steroid dienone is 4. The van der Waals surface area contributed by atoms with E-state index in [9.17, 15) is 0 Å². The number of rotatable bonds is 0. The summed E-state index contributed by atoms with van der Waals surface area (Å²) in [6.45, 7) is 0. The third-order valence-electron chi connectivity index (χ3n) is 0.586. The van der Waals surface area contributed by atoms with Crippen molar-refractivity contribution in [3.8, 4) is 0 Å². The fraction of sp³-hybridized carbons (Fsp3) is 0.200. The first kappa shape index (κ1) is 6.84. The standard InChI is InChI=1S/C5H5.Pr/c1-2-4-5-3-1;/h1-3H,4H2;/q-1;. The molecule has 6 heavy (non-hydrogen) atoms. The van der Waals surface area contributed by atoms with Crippen LogP contribution in [0.5, 0.6) is 0 Å². The first-order valence-electron chi connectivity index (χ1n) is 1.72. The van der Waals surface area contributed by atoms with Gasteiger partial charge in [0.2, 0.25) is 0 Å². The van der Waals surface area contributed by atoms with Gasteiger partial charge in [-0.3, -0.25) is 6.08 Å². The molecule has 0 aromatic carbocycles. The molecule has 1 rings (SSSR count). The average molecular weight is 206 g/mol. The molecule has 0 N–H and O–H groups in total. The van der Waals surface area contributed by atoms with E-state index >= 15 is 0 Å². The van der Waals surface area contributed by atoms with E-state index in [2.05, 4.69) is 12.2 Å². The fourth-order valence-corrected chi connectivity index (χ4v) is 0.340. The fourth-order valence-electron chi connectivity index (χ4n) is 0.340. The second kappa shape index (κ2) is 4.01. The zero-order valence-electron chi connectivity index (χ0n) is 3.52. The summed E-state index contributed by atoms with van der Waals surface area (Å²) >= 11 is 0. The van der Waals surface area contributed by atoms with Crippen molar-refractivity contribution in [1.29, 1.82) is 0 Å². The van der Waals surface area contributed by atoms with Crippen LogP contribution in [0.2, 0.25) is 0 Å². The minimum absolute atomic E-state index is 0. The van der Waals surface area contributed by atoms with E-state index in [4.69, 9.17) is 0 Å². The molecular formula is C5H5Pr-. The number of hydrogen-bond acceptors (Lipinski definition) is 0. The molecule has 0 aromatic heterocycles. The predicted octanol–water partition coefficient (Wildman–Crippen LogP) is 1.31. The average Bonchev–Trinajstić information content (AvgIpc) is 1.76. The summed E-state index contributed by atoms with van der Waals surface area (Å²) in [7, 11) is 0. The molecule has 1 aliphatic carbocycles. The molecular weight excluding hydrogens is 201 g/mol. The van der Waals surface area contributed by atoms with Crippen LogP contribution in [0.15, 0.2) is 18.2 Å². The summed E-state index contributed by atoms with van der Waals surface area (Å²) in [5.41, 5.74) is 0. The summed E-state index contributed by atoms with van der Waals surface area (Å²) in [6, 6.07) is 0. The molecule has 1 heteroatoms. The van der Waals surface area contributed by atoms with E-state index in [1.54, 1.807) is 0 Å². The Morgan fingerprint density at radius 3 is 2.50 bits per heavy atom. The van der Waals surface area contributed by atoms with Crippen molar-refractivity contribution in [3.63, 3.8) is 0 Å². The second-order valence-electron chi connectivity index (χ2n) is 1.00. The monoisotopic (exact) mass is 206 g/mol. The second-order valence-corrected chi connectivity index (χ2v) is 1.00. The smallest absolute Gasteiger partial charge is 0 e. The van der Waals surface area contributed by atoms with Gasteiger partial charge in [0.25, 0.3) is 0 Å². The van der Waals surface area contributed by atoms with Gasteiger partial charge >= 0.3 is 0 Å². The first-order chi connectivity index (χ1) is 2.50. The van der Waals surface area contributed by atoms with Crippen molar-refractivity contribution >= 4 is 0 Å². The Hall–Kier alpha value is 0.844. The van der Waals surface area contributed by atoms with Crippen LogP contribution in [0.1, 0.15) is 6.42 Å². The normalized spacial score (nSPS) is 14.7. The third kappa shape index (κ3) is 2.10. The van der Waals surface area contributed by atoms with Gasteiger partial charge < -0.3 is 0 Å². The van der Waals surface area contributed by atoms with Gasteiger partial charge in [-0.25, -0.2) is 12.2 Å². The molecule has 0 amide bonds. The van der Waals surface area contributed by atoms with Crippen LogP contribution < -0.4 is 0 Å². The van der Waals surface area contributed by atoms with Crippen molar-refractivity contribution < 1.29 is 41.3 Å². The number of hydrogen-bond donors (Lipinski definition) is 0. The molecule has 1 aliphatic rings. The Morgan fingerprint density at radius 1 is 1.50 bits per heavy atom. The van der Waals surface area contributed by atoms with Crippen LogP contribution in [0, 0.1) is 47.4 Å². The van der Waals surface area contributed by atoms with Crippen molar-refractivity contribution in [3.05, 3.63) is 24.3 Å². The molecule has 0 heterocycles. The van der Waals surface area contributed by atoms with Crippen LogP contribution >= 0.6 is 0 Å². The Balaban J connectivity index is 0.000000250. The van der Waals surface area contributed by atoms with Crippen LogP contribution in [-0.2, 0) is 0 Å².